The smallest absolute Gasteiger partial charge is 0.248 e. The fourth-order valence-electron chi connectivity index (χ4n) is 1.97. The number of halogens is 3. The second-order valence-electron chi connectivity index (χ2n) is 4.61. The molecule has 0 amide bonds. The molecule has 1 fully saturated rings. The normalized spacial score (nSPS) is 18.5. The highest BCUT2D eigenvalue weighted by Gasteiger charge is 2.44. The monoisotopic (exact) mass is 401 g/mol. The number of alkyl halides is 2. The van der Waals surface area contributed by atoms with E-state index in [1.807, 2.05) is 11.4 Å². The van der Waals surface area contributed by atoms with Crippen LogP contribution in [0.15, 0.2) is 22.5 Å². The zero-order valence-corrected chi connectivity index (χ0v) is 13.6. The summed E-state index contributed by atoms with van der Waals surface area (Å²) >= 11 is 1.70. The van der Waals surface area contributed by atoms with Crippen molar-refractivity contribution in [2.24, 2.45) is 16.6 Å². The fraction of sp³-hybridized carbons (Fsp3) is 0.583. The second-order valence-corrected chi connectivity index (χ2v) is 5.64. The molecule has 0 atom stereocenters. The maximum absolute atomic E-state index is 12.6. The summed E-state index contributed by atoms with van der Waals surface area (Å²) in [5, 5.41) is 5.02. The Balaban J connectivity index is 0.00000180. The van der Waals surface area contributed by atoms with E-state index in [-0.39, 0.29) is 42.7 Å². The summed E-state index contributed by atoms with van der Waals surface area (Å²) in [5.41, 5.74) is 5.66. The first-order valence-corrected chi connectivity index (χ1v) is 6.87. The van der Waals surface area contributed by atoms with Gasteiger partial charge >= 0.3 is 0 Å². The number of rotatable bonds is 5. The minimum Gasteiger partial charge on any atom is -0.370 e. The molecule has 0 aromatic carbocycles. The van der Waals surface area contributed by atoms with Crippen LogP contribution in [0.1, 0.15) is 17.7 Å². The third-order valence-corrected chi connectivity index (χ3v) is 3.89. The second kappa shape index (κ2) is 7.37. The van der Waals surface area contributed by atoms with E-state index in [2.05, 4.69) is 16.4 Å². The highest BCUT2D eigenvalue weighted by molar-refractivity contribution is 14.0. The first kappa shape index (κ1) is 16.6. The summed E-state index contributed by atoms with van der Waals surface area (Å²) < 4.78 is 25.2. The lowest BCUT2D eigenvalue weighted by molar-refractivity contribution is -0.107. The van der Waals surface area contributed by atoms with Gasteiger partial charge in [0.25, 0.3) is 0 Å². The SMILES string of the molecule is I.NC(=NCC1CC(F)(F)C1)NCCc1cccs1. The van der Waals surface area contributed by atoms with Gasteiger partial charge < -0.3 is 11.1 Å². The van der Waals surface area contributed by atoms with Crippen molar-refractivity contribution in [1.29, 1.82) is 0 Å². The first-order valence-electron chi connectivity index (χ1n) is 5.99. The van der Waals surface area contributed by atoms with Crippen molar-refractivity contribution in [2.75, 3.05) is 13.1 Å². The average molecular weight is 401 g/mol. The third kappa shape index (κ3) is 5.60. The summed E-state index contributed by atoms with van der Waals surface area (Å²) in [6.45, 7) is 1.12. The van der Waals surface area contributed by atoms with Gasteiger partial charge in [-0.3, -0.25) is 4.99 Å². The minimum atomic E-state index is -2.47. The number of aliphatic imine (C=N–C) groups is 1. The van der Waals surface area contributed by atoms with Crippen molar-refractivity contribution in [1.82, 2.24) is 5.32 Å². The maximum atomic E-state index is 12.6. The molecule has 1 aromatic rings. The Bertz CT molecular complexity index is 401. The number of guanidine groups is 1. The molecule has 0 spiro atoms. The number of hydrogen-bond acceptors (Lipinski definition) is 2. The molecule has 1 aromatic heterocycles. The molecule has 1 aliphatic rings. The Morgan fingerprint density at radius 2 is 2.26 bits per heavy atom. The number of hydrogen-bond donors (Lipinski definition) is 2. The summed E-state index contributed by atoms with van der Waals surface area (Å²) in [7, 11) is 0. The largest absolute Gasteiger partial charge is 0.370 e. The molecule has 1 heterocycles. The van der Waals surface area contributed by atoms with Gasteiger partial charge in [-0.05, 0) is 23.8 Å². The van der Waals surface area contributed by atoms with Crippen molar-refractivity contribution in [3.05, 3.63) is 22.4 Å². The van der Waals surface area contributed by atoms with E-state index in [0.717, 1.165) is 13.0 Å². The van der Waals surface area contributed by atoms with Gasteiger partial charge in [-0.15, -0.1) is 35.3 Å². The van der Waals surface area contributed by atoms with Crippen molar-refractivity contribution < 1.29 is 8.78 Å². The van der Waals surface area contributed by atoms with Gasteiger partial charge in [0, 0.05) is 30.8 Å². The molecule has 1 saturated carbocycles. The molecule has 0 aliphatic heterocycles. The zero-order chi connectivity index (χ0) is 13.0. The lowest BCUT2D eigenvalue weighted by atomic mass is 9.81. The quantitative estimate of drug-likeness (QED) is 0.453. The van der Waals surface area contributed by atoms with Gasteiger partial charge in [-0.1, -0.05) is 6.07 Å². The molecule has 1 aliphatic carbocycles. The van der Waals surface area contributed by atoms with Crippen LogP contribution >= 0.6 is 35.3 Å². The fourth-order valence-corrected chi connectivity index (χ4v) is 2.67. The van der Waals surface area contributed by atoms with E-state index >= 15 is 0 Å². The Kier molecular flexibility index (Phi) is 6.45. The molecular weight excluding hydrogens is 383 g/mol. The van der Waals surface area contributed by atoms with Crippen LogP contribution in [0.5, 0.6) is 0 Å². The summed E-state index contributed by atoms with van der Waals surface area (Å²) in [6.07, 6.45) is 0.785. The molecule has 0 bridgehead atoms. The van der Waals surface area contributed by atoms with E-state index < -0.39 is 5.92 Å². The van der Waals surface area contributed by atoms with E-state index in [1.54, 1.807) is 11.3 Å². The molecule has 3 N–H and O–H groups in total. The van der Waals surface area contributed by atoms with Crippen LogP contribution < -0.4 is 11.1 Å². The molecule has 0 radical (unpaired) electrons. The van der Waals surface area contributed by atoms with Crippen molar-refractivity contribution in [3.63, 3.8) is 0 Å². The molecule has 19 heavy (non-hydrogen) atoms. The number of nitrogens with one attached hydrogen (secondary N) is 1. The molecule has 108 valence electrons. The number of thiophene rings is 1. The van der Waals surface area contributed by atoms with Crippen molar-refractivity contribution in [2.45, 2.75) is 25.2 Å². The molecule has 3 nitrogen and oxygen atoms in total. The van der Waals surface area contributed by atoms with E-state index in [4.69, 9.17) is 5.73 Å². The molecule has 2 rings (SSSR count). The van der Waals surface area contributed by atoms with Crippen molar-refractivity contribution in [3.8, 4) is 0 Å². The van der Waals surface area contributed by atoms with Gasteiger partial charge in [0.15, 0.2) is 5.96 Å². The zero-order valence-electron chi connectivity index (χ0n) is 10.4. The Hall–Kier alpha value is -0.440. The third-order valence-electron chi connectivity index (χ3n) is 2.95. The summed E-state index contributed by atoms with van der Waals surface area (Å²) in [4.78, 5) is 5.37. The standard InChI is InChI=1S/C12H17F2N3S.HI/c13-12(14)6-9(7-12)8-17-11(15)16-4-3-10-2-1-5-18-10;/h1-2,5,9H,3-4,6-8H2,(H3,15,16,17);1H. The minimum absolute atomic E-state index is 0. The summed E-state index contributed by atoms with van der Waals surface area (Å²) in [5.74, 6) is -2.14. The van der Waals surface area contributed by atoms with Crippen LogP contribution in [0.3, 0.4) is 0 Å². The Labute approximate surface area is 132 Å². The van der Waals surface area contributed by atoms with Crippen LogP contribution in [-0.2, 0) is 6.42 Å². The maximum Gasteiger partial charge on any atom is 0.248 e. The van der Waals surface area contributed by atoms with Crippen molar-refractivity contribution >= 4 is 41.3 Å². The van der Waals surface area contributed by atoms with E-state index in [1.165, 1.54) is 4.88 Å². The number of nitrogens with zero attached hydrogens (tertiary/aromatic N) is 1. The molecule has 7 heteroatoms. The molecule has 0 saturated heterocycles. The van der Waals surface area contributed by atoms with E-state index in [9.17, 15) is 8.78 Å². The van der Waals surface area contributed by atoms with Gasteiger partial charge in [-0.25, -0.2) is 8.78 Å². The van der Waals surface area contributed by atoms with Gasteiger partial charge in [0.2, 0.25) is 5.92 Å². The predicted molar refractivity (Wildman–Crippen MR) is 85.6 cm³/mol. The Morgan fingerprint density at radius 1 is 1.53 bits per heavy atom. The highest BCUT2D eigenvalue weighted by Crippen LogP contribution is 2.42. The molecular formula is C12H18F2IN3S. The van der Waals surface area contributed by atoms with Crippen LogP contribution in [0.2, 0.25) is 0 Å². The lowest BCUT2D eigenvalue weighted by Crippen LogP contribution is -2.38. The van der Waals surface area contributed by atoms with Gasteiger partial charge in [0.05, 0.1) is 0 Å². The lowest BCUT2D eigenvalue weighted by Gasteiger charge is -2.33. The summed E-state index contributed by atoms with van der Waals surface area (Å²) in [6, 6.07) is 4.07. The van der Waals surface area contributed by atoms with Gasteiger partial charge in [-0.2, -0.15) is 0 Å². The van der Waals surface area contributed by atoms with Crippen LogP contribution in [0.4, 0.5) is 8.78 Å². The van der Waals surface area contributed by atoms with Crippen LogP contribution in [-0.4, -0.2) is 25.0 Å². The highest BCUT2D eigenvalue weighted by atomic mass is 127. The van der Waals surface area contributed by atoms with E-state index in [0.29, 0.717) is 12.5 Å². The molecule has 0 unspecified atom stereocenters. The first-order chi connectivity index (χ1) is 8.55. The predicted octanol–water partition coefficient (Wildman–Crippen LogP) is 2.86. The average Bonchev–Trinajstić information content (AvgIpc) is 2.76. The van der Waals surface area contributed by atoms with Crippen LogP contribution in [0.25, 0.3) is 0 Å². The number of nitrogens with two attached hydrogens (primary N) is 1. The van der Waals surface area contributed by atoms with Crippen LogP contribution in [0, 0.1) is 5.92 Å². The Morgan fingerprint density at radius 3 is 2.84 bits per heavy atom. The van der Waals surface area contributed by atoms with Gasteiger partial charge in [0.1, 0.15) is 0 Å². The topological polar surface area (TPSA) is 50.4 Å².